The molecule has 3 saturated heterocycles. The van der Waals surface area contributed by atoms with Gasteiger partial charge in [-0.2, -0.15) is 0 Å². The van der Waals surface area contributed by atoms with Crippen molar-refractivity contribution in [1.29, 1.82) is 0 Å². The fourth-order valence-corrected chi connectivity index (χ4v) is 4.92. The lowest BCUT2D eigenvalue weighted by Gasteiger charge is -2.31. The molecule has 3 aliphatic heterocycles. The summed E-state index contributed by atoms with van der Waals surface area (Å²) in [5.74, 6) is -0.275. The van der Waals surface area contributed by atoms with Crippen molar-refractivity contribution >= 4 is 30.3 Å². The minimum Gasteiger partial charge on any atom is -0.334 e. The molecule has 2 unspecified atom stereocenters. The van der Waals surface area contributed by atoms with Crippen LogP contribution in [0.4, 0.5) is 4.79 Å². The molecule has 4 amide bonds. The van der Waals surface area contributed by atoms with Gasteiger partial charge in [0.2, 0.25) is 5.91 Å². The Balaban J connectivity index is 0.00000182. The molecule has 4 rings (SSSR count). The molecule has 2 atom stereocenters. The maximum atomic E-state index is 12.9. The maximum Gasteiger partial charge on any atom is 0.325 e. The van der Waals surface area contributed by atoms with Crippen LogP contribution in [-0.4, -0.2) is 64.9 Å². The first kappa shape index (κ1) is 18.5. The van der Waals surface area contributed by atoms with Gasteiger partial charge in [-0.05, 0) is 38.6 Å². The predicted octanol–water partition coefficient (Wildman–Crippen LogP) is 1.02. The number of hydrogen-bond donors (Lipinski definition) is 2. The number of halogens is 1. The van der Waals surface area contributed by atoms with Gasteiger partial charge in [-0.15, -0.1) is 12.4 Å². The second kappa shape index (κ2) is 7.11. The molecule has 7 nitrogen and oxygen atoms in total. The highest BCUT2D eigenvalue weighted by molar-refractivity contribution is 6.09. The van der Waals surface area contributed by atoms with E-state index in [9.17, 15) is 14.4 Å². The van der Waals surface area contributed by atoms with E-state index < -0.39 is 11.6 Å². The number of urea groups is 1. The third kappa shape index (κ3) is 3.12. The largest absolute Gasteiger partial charge is 0.334 e. The van der Waals surface area contributed by atoms with E-state index in [1.54, 1.807) is 0 Å². The standard InChI is InChI=1S/C17H26N4O3.ClH/c22-14(21-12-4-5-13(21)10-18-9-6-12)11-20-15(23)17(19-16(20)24)7-2-1-3-8-17;/h12-13,18H,1-11H2,(H,19,24);1H. The van der Waals surface area contributed by atoms with Crippen LogP contribution in [0.5, 0.6) is 0 Å². The van der Waals surface area contributed by atoms with E-state index in [0.717, 1.165) is 56.5 Å². The van der Waals surface area contributed by atoms with Crippen LogP contribution < -0.4 is 10.6 Å². The normalized spacial score (nSPS) is 30.9. The molecule has 1 spiro atoms. The lowest BCUT2D eigenvalue weighted by molar-refractivity contribution is -0.141. The Morgan fingerprint density at radius 1 is 1.08 bits per heavy atom. The summed E-state index contributed by atoms with van der Waals surface area (Å²) >= 11 is 0. The van der Waals surface area contributed by atoms with Gasteiger partial charge in [-0.3, -0.25) is 14.5 Å². The molecular formula is C17H27ClN4O3. The van der Waals surface area contributed by atoms with Crippen molar-refractivity contribution in [3.05, 3.63) is 0 Å². The number of fused-ring (bicyclic) bond motifs is 2. The van der Waals surface area contributed by atoms with Gasteiger partial charge in [0.05, 0.1) is 0 Å². The topological polar surface area (TPSA) is 81.8 Å². The number of imide groups is 1. The zero-order valence-electron chi connectivity index (χ0n) is 14.5. The van der Waals surface area contributed by atoms with Crippen LogP contribution in [0.25, 0.3) is 0 Å². The summed E-state index contributed by atoms with van der Waals surface area (Å²) in [5.41, 5.74) is -0.741. The third-order valence-electron chi connectivity index (χ3n) is 6.19. The van der Waals surface area contributed by atoms with E-state index in [1.807, 2.05) is 4.90 Å². The average Bonchev–Trinajstić information content (AvgIpc) is 2.95. The van der Waals surface area contributed by atoms with Gasteiger partial charge >= 0.3 is 6.03 Å². The molecule has 0 radical (unpaired) electrons. The van der Waals surface area contributed by atoms with Crippen molar-refractivity contribution in [2.75, 3.05) is 19.6 Å². The quantitative estimate of drug-likeness (QED) is 0.711. The lowest BCUT2D eigenvalue weighted by atomic mass is 9.82. The summed E-state index contributed by atoms with van der Waals surface area (Å²) in [6.07, 6.45) is 7.39. The molecule has 8 heteroatoms. The molecule has 4 fully saturated rings. The molecule has 1 aliphatic carbocycles. The van der Waals surface area contributed by atoms with E-state index in [4.69, 9.17) is 0 Å². The van der Waals surface area contributed by atoms with Crippen LogP contribution in [-0.2, 0) is 9.59 Å². The summed E-state index contributed by atoms with van der Waals surface area (Å²) < 4.78 is 0. The number of nitrogens with zero attached hydrogens (tertiary/aromatic N) is 2. The van der Waals surface area contributed by atoms with Crippen LogP contribution in [0.1, 0.15) is 51.4 Å². The van der Waals surface area contributed by atoms with Crippen LogP contribution in [0.2, 0.25) is 0 Å². The monoisotopic (exact) mass is 370 g/mol. The molecular weight excluding hydrogens is 344 g/mol. The van der Waals surface area contributed by atoms with Crippen molar-refractivity contribution < 1.29 is 14.4 Å². The van der Waals surface area contributed by atoms with Crippen molar-refractivity contribution in [2.24, 2.45) is 0 Å². The Bertz CT molecular complexity index is 550. The zero-order valence-corrected chi connectivity index (χ0v) is 15.3. The molecule has 140 valence electrons. The molecule has 4 aliphatic rings. The molecule has 2 bridgehead atoms. The Labute approximate surface area is 154 Å². The summed E-state index contributed by atoms with van der Waals surface area (Å²) in [7, 11) is 0. The van der Waals surface area contributed by atoms with Crippen molar-refractivity contribution in [3.63, 3.8) is 0 Å². The summed E-state index contributed by atoms with van der Waals surface area (Å²) in [4.78, 5) is 41.1. The van der Waals surface area contributed by atoms with E-state index in [2.05, 4.69) is 10.6 Å². The number of amides is 4. The van der Waals surface area contributed by atoms with E-state index >= 15 is 0 Å². The first-order chi connectivity index (χ1) is 11.6. The minimum absolute atomic E-state index is 0. The van der Waals surface area contributed by atoms with Gasteiger partial charge < -0.3 is 15.5 Å². The molecule has 0 aromatic rings. The highest BCUT2D eigenvalue weighted by atomic mass is 35.5. The van der Waals surface area contributed by atoms with Crippen molar-refractivity contribution in [1.82, 2.24) is 20.4 Å². The highest BCUT2D eigenvalue weighted by Crippen LogP contribution is 2.34. The van der Waals surface area contributed by atoms with Crippen LogP contribution in [0.3, 0.4) is 0 Å². The summed E-state index contributed by atoms with van der Waals surface area (Å²) in [6, 6.07) is 0.0619. The van der Waals surface area contributed by atoms with E-state index in [1.165, 1.54) is 0 Å². The smallest absolute Gasteiger partial charge is 0.325 e. The van der Waals surface area contributed by atoms with E-state index in [-0.39, 0.29) is 42.8 Å². The molecule has 25 heavy (non-hydrogen) atoms. The molecule has 2 N–H and O–H groups in total. The molecule has 0 aromatic carbocycles. The number of nitrogens with one attached hydrogen (secondary N) is 2. The number of hydrogen-bond acceptors (Lipinski definition) is 4. The Morgan fingerprint density at radius 3 is 2.56 bits per heavy atom. The fraction of sp³-hybridized carbons (Fsp3) is 0.824. The van der Waals surface area contributed by atoms with Gasteiger partial charge in [0.1, 0.15) is 12.1 Å². The number of rotatable bonds is 2. The first-order valence-corrected chi connectivity index (χ1v) is 9.27. The van der Waals surface area contributed by atoms with Crippen LogP contribution in [0.15, 0.2) is 0 Å². The second-order valence-corrected chi connectivity index (χ2v) is 7.64. The maximum absolute atomic E-state index is 12.9. The number of carbonyl (C=O) groups excluding carboxylic acids is 3. The highest BCUT2D eigenvalue weighted by Gasteiger charge is 2.52. The van der Waals surface area contributed by atoms with Crippen LogP contribution in [0, 0.1) is 0 Å². The van der Waals surface area contributed by atoms with Crippen molar-refractivity contribution in [2.45, 2.75) is 69.0 Å². The van der Waals surface area contributed by atoms with Gasteiger partial charge in [0, 0.05) is 18.6 Å². The predicted molar refractivity (Wildman–Crippen MR) is 94.5 cm³/mol. The fourth-order valence-electron chi connectivity index (χ4n) is 4.92. The number of carbonyl (C=O) groups is 3. The van der Waals surface area contributed by atoms with Crippen molar-refractivity contribution in [3.8, 4) is 0 Å². The Morgan fingerprint density at radius 2 is 1.80 bits per heavy atom. The van der Waals surface area contributed by atoms with Gasteiger partial charge in [0.25, 0.3) is 5.91 Å². The SMILES string of the molecule is Cl.O=C1NC2(CCCCC2)C(=O)N1CC(=O)N1C2CCNCC1CC2. The Hall–Kier alpha value is -1.34. The van der Waals surface area contributed by atoms with Gasteiger partial charge in [-0.25, -0.2) is 4.79 Å². The first-order valence-electron chi connectivity index (χ1n) is 9.27. The minimum atomic E-state index is -0.741. The molecule has 3 heterocycles. The summed E-state index contributed by atoms with van der Waals surface area (Å²) in [6.45, 7) is 1.63. The van der Waals surface area contributed by atoms with E-state index in [0.29, 0.717) is 12.8 Å². The van der Waals surface area contributed by atoms with Gasteiger partial charge in [-0.1, -0.05) is 19.3 Å². The molecule has 0 aromatic heterocycles. The molecule has 1 saturated carbocycles. The van der Waals surface area contributed by atoms with Crippen LogP contribution >= 0.6 is 12.4 Å². The Kier molecular flexibility index (Phi) is 5.25. The summed E-state index contributed by atoms with van der Waals surface area (Å²) in [5, 5.41) is 6.25. The zero-order chi connectivity index (χ0) is 16.7. The third-order valence-corrected chi connectivity index (χ3v) is 6.19. The van der Waals surface area contributed by atoms with Gasteiger partial charge in [0.15, 0.2) is 0 Å². The average molecular weight is 371 g/mol. The lowest BCUT2D eigenvalue weighted by Crippen LogP contribution is -2.50. The second-order valence-electron chi connectivity index (χ2n) is 7.64.